The molecule has 0 aromatic carbocycles. The Morgan fingerprint density at radius 3 is 2.09 bits per heavy atom. The number of ketones is 2. The van der Waals surface area contributed by atoms with Crippen LogP contribution >= 0.6 is 23.8 Å². The Labute approximate surface area is 151 Å². The first-order valence-corrected chi connectivity index (χ1v) is 10.3. The maximum absolute atomic E-state index is 11.4. The molecule has 0 aromatic heterocycles. The van der Waals surface area contributed by atoms with Gasteiger partial charge >= 0.3 is 0 Å². The predicted molar refractivity (Wildman–Crippen MR) is 104 cm³/mol. The Bertz CT molecular complexity index is 336. The lowest BCUT2D eigenvalue weighted by Gasteiger charge is -2.10. The zero-order valence-electron chi connectivity index (χ0n) is 15.1. The average Bonchev–Trinajstić information content (AvgIpc) is 2.55. The number of hydrogen-bond donors (Lipinski definition) is 0. The van der Waals surface area contributed by atoms with Crippen molar-refractivity contribution in [3.05, 3.63) is 0 Å². The first-order chi connectivity index (χ1) is 11.0. The van der Waals surface area contributed by atoms with E-state index in [1.54, 1.807) is 18.9 Å². The van der Waals surface area contributed by atoms with Crippen LogP contribution in [0.3, 0.4) is 0 Å². The number of Topliss-reactive ketones (excluding diaryl/α,β-unsaturated/α-hetero) is 2. The molecule has 5 heteroatoms. The van der Waals surface area contributed by atoms with E-state index in [4.69, 9.17) is 10.6 Å². The molecule has 0 saturated carbocycles. The van der Waals surface area contributed by atoms with Gasteiger partial charge in [-0.1, -0.05) is 39.5 Å². The number of terminal acetylenes is 1. The summed E-state index contributed by atoms with van der Waals surface area (Å²) in [7, 11) is 1.68. The summed E-state index contributed by atoms with van der Waals surface area (Å²) in [6.07, 6.45) is 12.4. The Balaban J connectivity index is 0. The maximum Gasteiger partial charge on any atom is 0.206 e. The van der Waals surface area contributed by atoms with Gasteiger partial charge in [-0.25, -0.2) is 0 Å². The minimum Gasteiger partial charge on any atom is -0.319 e. The molecule has 134 valence electrons. The number of unbranched alkanes of at least 4 members (excludes halogenated alkanes) is 4. The Morgan fingerprint density at radius 1 is 1.09 bits per heavy atom. The number of rotatable bonds is 13. The van der Waals surface area contributed by atoms with Crippen LogP contribution in [0.5, 0.6) is 0 Å². The third kappa shape index (κ3) is 19.5. The van der Waals surface area contributed by atoms with Crippen molar-refractivity contribution in [2.45, 2.75) is 71.0 Å². The molecule has 0 aliphatic heterocycles. The van der Waals surface area contributed by atoms with E-state index < -0.39 is 0 Å². The van der Waals surface area contributed by atoms with Crippen LogP contribution < -0.4 is 0 Å². The summed E-state index contributed by atoms with van der Waals surface area (Å²) in [6, 6.07) is 0. The van der Waals surface area contributed by atoms with Gasteiger partial charge in [-0.3, -0.25) is 9.59 Å². The van der Waals surface area contributed by atoms with Gasteiger partial charge in [-0.05, 0) is 43.5 Å². The molecule has 23 heavy (non-hydrogen) atoms. The average molecular weight is 361 g/mol. The van der Waals surface area contributed by atoms with Crippen molar-refractivity contribution in [2.24, 2.45) is 0 Å². The van der Waals surface area contributed by atoms with Crippen molar-refractivity contribution >= 4 is 35.4 Å². The molecule has 1 unspecified atom stereocenters. The van der Waals surface area contributed by atoms with E-state index in [1.165, 1.54) is 38.2 Å². The highest BCUT2D eigenvalue weighted by Gasteiger charge is 2.17. The summed E-state index contributed by atoms with van der Waals surface area (Å²) < 4.78 is 4.90. The second-order valence-corrected chi connectivity index (χ2v) is 7.43. The fourth-order valence-corrected chi connectivity index (χ4v) is 3.12. The lowest BCUT2D eigenvalue weighted by Crippen LogP contribution is -2.18. The van der Waals surface area contributed by atoms with Crippen LogP contribution in [0.1, 0.15) is 65.7 Å². The summed E-state index contributed by atoms with van der Waals surface area (Å²) in [4.78, 5) is 22.5. The Hall–Kier alpha value is -0.440. The first kappa shape index (κ1) is 24.8. The SMILES string of the molecule is C#CC(=O)CC(SCCCCCCSOC)C(C)=O.CCCC. The van der Waals surface area contributed by atoms with Crippen molar-refractivity contribution in [3.8, 4) is 12.3 Å². The van der Waals surface area contributed by atoms with E-state index in [9.17, 15) is 9.59 Å². The largest absolute Gasteiger partial charge is 0.319 e. The van der Waals surface area contributed by atoms with Crippen molar-refractivity contribution < 1.29 is 13.8 Å². The maximum atomic E-state index is 11.4. The van der Waals surface area contributed by atoms with Gasteiger partial charge < -0.3 is 4.18 Å². The van der Waals surface area contributed by atoms with E-state index in [0.717, 1.165) is 30.8 Å². The molecule has 0 saturated heterocycles. The topological polar surface area (TPSA) is 43.4 Å². The quantitative estimate of drug-likeness (QED) is 0.202. The molecule has 0 spiro atoms. The van der Waals surface area contributed by atoms with Crippen molar-refractivity contribution in [2.75, 3.05) is 18.6 Å². The Morgan fingerprint density at radius 2 is 1.65 bits per heavy atom. The zero-order chi connectivity index (χ0) is 17.9. The molecule has 0 aliphatic rings. The van der Waals surface area contributed by atoms with Crippen LogP contribution in [0.15, 0.2) is 0 Å². The molecular formula is C18H32O3S2. The zero-order valence-corrected chi connectivity index (χ0v) is 16.7. The fourth-order valence-electron chi connectivity index (χ4n) is 1.47. The number of thioether (sulfide) groups is 1. The lowest BCUT2D eigenvalue weighted by molar-refractivity contribution is -0.120. The van der Waals surface area contributed by atoms with E-state index >= 15 is 0 Å². The van der Waals surface area contributed by atoms with Gasteiger partial charge in [-0.2, -0.15) is 11.8 Å². The molecule has 0 heterocycles. The highest BCUT2D eigenvalue weighted by atomic mass is 32.2. The summed E-state index contributed by atoms with van der Waals surface area (Å²) in [5.41, 5.74) is 0. The summed E-state index contributed by atoms with van der Waals surface area (Å²) in [5, 5.41) is -0.271. The van der Waals surface area contributed by atoms with Gasteiger partial charge in [-0.15, -0.1) is 6.42 Å². The third-order valence-electron chi connectivity index (χ3n) is 3.04. The van der Waals surface area contributed by atoms with Crippen LogP contribution in [0.2, 0.25) is 0 Å². The fraction of sp³-hybridized carbons (Fsp3) is 0.778. The number of hydrogen-bond acceptors (Lipinski definition) is 5. The second kappa shape index (κ2) is 19.6. The molecule has 0 fully saturated rings. The van der Waals surface area contributed by atoms with E-state index in [0.29, 0.717) is 0 Å². The Kier molecular flexibility index (Phi) is 21.1. The molecule has 0 amide bonds. The monoisotopic (exact) mass is 360 g/mol. The van der Waals surface area contributed by atoms with Crippen molar-refractivity contribution in [1.29, 1.82) is 0 Å². The normalized spacial score (nSPS) is 11.1. The molecule has 0 rings (SSSR count). The summed E-state index contributed by atoms with van der Waals surface area (Å²) >= 11 is 3.03. The molecule has 1 atom stereocenters. The van der Waals surface area contributed by atoms with Crippen LogP contribution in [0.25, 0.3) is 0 Å². The van der Waals surface area contributed by atoms with E-state index in [-0.39, 0.29) is 23.2 Å². The number of carbonyl (C=O) groups excluding carboxylic acids is 2. The molecule has 0 aromatic rings. The minimum absolute atomic E-state index is 0.0325. The van der Waals surface area contributed by atoms with Crippen LogP contribution in [0.4, 0.5) is 0 Å². The van der Waals surface area contributed by atoms with Gasteiger partial charge in [0, 0.05) is 12.2 Å². The summed E-state index contributed by atoms with van der Waals surface area (Å²) in [5.74, 6) is 3.73. The van der Waals surface area contributed by atoms with E-state index in [1.807, 2.05) is 0 Å². The molecule has 0 radical (unpaired) electrons. The predicted octanol–water partition coefficient (Wildman–Crippen LogP) is 4.93. The smallest absolute Gasteiger partial charge is 0.206 e. The highest BCUT2D eigenvalue weighted by Crippen LogP contribution is 2.19. The van der Waals surface area contributed by atoms with Gasteiger partial charge in [0.25, 0.3) is 0 Å². The molecule has 3 nitrogen and oxygen atoms in total. The lowest BCUT2D eigenvalue weighted by atomic mass is 10.2. The van der Waals surface area contributed by atoms with Gasteiger partial charge in [0.2, 0.25) is 5.78 Å². The second-order valence-electron chi connectivity index (χ2n) is 5.14. The molecule has 0 bridgehead atoms. The van der Waals surface area contributed by atoms with Crippen LogP contribution in [-0.2, 0) is 13.8 Å². The van der Waals surface area contributed by atoms with Gasteiger partial charge in [0.1, 0.15) is 5.78 Å². The molecule has 0 aliphatic carbocycles. The standard InChI is InChI=1S/C14H22O3S2.C4H10/c1-4-13(16)11-14(12(2)15)18-9-7-5-6-8-10-19-17-3;1-3-4-2/h1,14H,5-11H2,2-3H3;3-4H2,1-2H3. The van der Waals surface area contributed by atoms with Crippen molar-refractivity contribution in [1.82, 2.24) is 0 Å². The van der Waals surface area contributed by atoms with Crippen LogP contribution in [-0.4, -0.2) is 35.4 Å². The first-order valence-electron chi connectivity index (χ1n) is 8.30. The summed E-state index contributed by atoms with van der Waals surface area (Å²) in [6.45, 7) is 5.88. The highest BCUT2D eigenvalue weighted by molar-refractivity contribution is 8.00. The molecule has 0 N–H and O–H groups in total. The van der Waals surface area contributed by atoms with E-state index in [2.05, 4.69) is 19.8 Å². The minimum atomic E-state index is -0.288. The van der Waals surface area contributed by atoms with Crippen molar-refractivity contribution in [3.63, 3.8) is 0 Å². The number of carbonyl (C=O) groups is 2. The van der Waals surface area contributed by atoms with Crippen LogP contribution in [0, 0.1) is 12.3 Å². The molecular weight excluding hydrogens is 328 g/mol. The third-order valence-corrected chi connectivity index (χ3v) is 5.16. The van der Waals surface area contributed by atoms with Gasteiger partial charge in [0.15, 0.2) is 0 Å². The van der Waals surface area contributed by atoms with Gasteiger partial charge in [0.05, 0.1) is 12.4 Å².